The zero-order valence-electron chi connectivity index (χ0n) is 16.6. The SMILES string of the molecule is Cc1cn([C@@H]2C[C@H](O)[C@H](CO)O2)c(=O)n(Cc2cn(Cc3cc(F)ccn3)nn2)c1=O. The van der Waals surface area contributed by atoms with Gasteiger partial charge in [-0.05, 0) is 19.1 Å². The number of ether oxygens (including phenoxy) is 1. The second-order valence-electron chi connectivity index (χ2n) is 7.38. The molecule has 0 aromatic carbocycles. The summed E-state index contributed by atoms with van der Waals surface area (Å²) >= 11 is 0. The van der Waals surface area contributed by atoms with Crippen LogP contribution in [-0.4, -0.2) is 58.1 Å². The summed E-state index contributed by atoms with van der Waals surface area (Å²) in [6.45, 7) is 1.23. The fourth-order valence-corrected chi connectivity index (χ4v) is 3.51. The first-order valence-electron chi connectivity index (χ1n) is 9.62. The van der Waals surface area contributed by atoms with Gasteiger partial charge in [-0.1, -0.05) is 5.21 Å². The first kappa shape index (κ1) is 21.0. The van der Waals surface area contributed by atoms with Gasteiger partial charge in [-0.15, -0.1) is 5.10 Å². The van der Waals surface area contributed by atoms with Gasteiger partial charge in [-0.2, -0.15) is 0 Å². The van der Waals surface area contributed by atoms with Crippen molar-refractivity contribution in [3.63, 3.8) is 0 Å². The smallest absolute Gasteiger partial charge is 0.333 e. The Morgan fingerprint density at radius 1 is 1.26 bits per heavy atom. The van der Waals surface area contributed by atoms with Gasteiger partial charge in [-0.25, -0.2) is 13.9 Å². The Labute approximate surface area is 175 Å². The van der Waals surface area contributed by atoms with E-state index in [-0.39, 0.29) is 26.1 Å². The van der Waals surface area contributed by atoms with Crippen molar-refractivity contribution in [1.29, 1.82) is 0 Å². The van der Waals surface area contributed by atoms with E-state index in [1.807, 2.05) is 0 Å². The summed E-state index contributed by atoms with van der Waals surface area (Å²) in [6.07, 6.45) is 1.86. The molecule has 4 heterocycles. The topological polar surface area (TPSA) is 137 Å². The van der Waals surface area contributed by atoms with Crippen LogP contribution in [0.2, 0.25) is 0 Å². The third kappa shape index (κ3) is 4.31. The minimum absolute atomic E-state index is 0.111. The molecule has 0 radical (unpaired) electrons. The molecule has 11 nitrogen and oxygen atoms in total. The van der Waals surface area contributed by atoms with Crippen LogP contribution in [0.1, 0.15) is 29.6 Å². The number of hydrogen-bond donors (Lipinski definition) is 2. The monoisotopic (exact) mass is 432 g/mol. The van der Waals surface area contributed by atoms with Crippen LogP contribution in [-0.2, 0) is 17.8 Å². The molecule has 3 aromatic rings. The van der Waals surface area contributed by atoms with Crippen LogP contribution in [0.25, 0.3) is 0 Å². The Hall–Kier alpha value is -3.22. The highest BCUT2D eigenvalue weighted by Gasteiger charge is 2.35. The van der Waals surface area contributed by atoms with Crippen molar-refractivity contribution in [1.82, 2.24) is 29.1 Å². The van der Waals surface area contributed by atoms with Crippen molar-refractivity contribution in [2.75, 3.05) is 6.61 Å². The molecule has 1 aliphatic heterocycles. The third-order valence-corrected chi connectivity index (χ3v) is 5.07. The molecular formula is C19H21FN6O5. The van der Waals surface area contributed by atoms with Gasteiger partial charge in [0, 0.05) is 24.4 Å². The number of halogens is 1. The molecule has 4 rings (SSSR count). The first-order chi connectivity index (χ1) is 14.9. The van der Waals surface area contributed by atoms with E-state index in [0.717, 1.165) is 4.57 Å². The zero-order valence-corrected chi connectivity index (χ0v) is 16.6. The van der Waals surface area contributed by atoms with Crippen molar-refractivity contribution in [2.45, 2.75) is 44.9 Å². The molecule has 1 saturated heterocycles. The van der Waals surface area contributed by atoms with Crippen LogP contribution in [0.15, 0.2) is 40.3 Å². The summed E-state index contributed by atoms with van der Waals surface area (Å²) in [5, 5.41) is 27.2. The van der Waals surface area contributed by atoms with Crippen LogP contribution >= 0.6 is 0 Å². The van der Waals surface area contributed by atoms with E-state index in [4.69, 9.17) is 4.74 Å². The lowest BCUT2D eigenvalue weighted by Gasteiger charge is -2.17. The maximum absolute atomic E-state index is 13.3. The Balaban J connectivity index is 1.59. The number of hydrogen-bond acceptors (Lipinski definition) is 8. The maximum Gasteiger partial charge on any atom is 0.333 e. The molecule has 31 heavy (non-hydrogen) atoms. The highest BCUT2D eigenvalue weighted by Crippen LogP contribution is 2.27. The number of aliphatic hydroxyl groups excluding tert-OH is 2. The number of rotatable bonds is 6. The van der Waals surface area contributed by atoms with Crippen LogP contribution in [0.5, 0.6) is 0 Å². The lowest BCUT2D eigenvalue weighted by atomic mass is 10.2. The van der Waals surface area contributed by atoms with Gasteiger partial charge < -0.3 is 14.9 Å². The molecule has 1 fully saturated rings. The molecule has 3 atom stereocenters. The van der Waals surface area contributed by atoms with Crippen molar-refractivity contribution in [2.24, 2.45) is 0 Å². The normalized spacial score (nSPS) is 21.0. The van der Waals surface area contributed by atoms with Gasteiger partial charge in [0.1, 0.15) is 23.8 Å². The molecule has 0 saturated carbocycles. The van der Waals surface area contributed by atoms with Gasteiger partial charge in [0.15, 0.2) is 0 Å². The van der Waals surface area contributed by atoms with Gasteiger partial charge in [-0.3, -0.25) is 18.9 Å². The van der Waals surface area contributed by atoms with Crippen LogP contribution in [0, 0.1) is 12.7 Å². The van der Waals surface area contributed by atoms with E-state index in [1.165, 1.54) is 33.8 Å². The van der Waals surface area contributed by atoms with Gasteiger partial charge >= 0.3 is 5.69 Å². The number of aliphatic hydroxyl groups is 2. The average Bonchev–Trinajstić information content (AvgIpc) is 3.33. The summed E-state index contributed by atoms with van der Waals surface area (Å²) in [5.41, 5.74) is -0.00986. The Bertz CT molecular complexity index is 1200. The standard InChI is InChI=1S/C19H21FN6O5/c1-11-6-25(17-5-15(28)16(10-27)31-17)19(30)26(18(11)29)9-14-8-24(23-22-14)7-13-4-12(20)2-3-21-13/h2-4,6,8,15-17,27-28H,5,7,9-10H2,1H3/t15-,16-,17-/m0/s1. The summed E-state index contributed by atoms with van der Waals surface area (Å²) < 4.78 is 22.5. The largest absolute Gasteiger partial charge is 0.394 e. The summed E-state index contributed by atoms with van der Waals surface area (Å²) in [6, 6.07) is 2.52. The summed E-state index contributed by atoms with van der Waals surface area (Å²) in [4.78, 5) is 29.6. The van der Waals surface area contributed by atoms with E-state index < -0.39 is 35.5 Å². The molecule has 2 N–H and O–H groups in total. The third-order valence-electron chi connectivity index (χ3n) is 5.07. The number of aryl methyl sites for hydroxylation is 1. The highest BCUT2D eigenvalue weighted by atomic mass is 19.1. The Morgan fingerprint density at radius 3 is 2.77 bits per heavy atom. The maximum atomic E-state index is 13.3. The number of pyridine rings is 1. The minimum atomic E-state index is -0.918. The molecule has 0 unspecified atom stereocenters. The second-order valence-corrected chi connectivity index (χ2v) is 7.38. The van der Waals surface area contributed by atoms with Crippen molar-refractivity contribution in [3.05, 3.63) is 74.3 Å². The van der Waals surface area contributed by atoms with E-state index in [9.17, 15) is 24.2 Å². The molecule has 164 valence electrons. The Morgan fingerprint density at radius 2 is 2.06 bits per heavy atom. The predicted molar refractivity (Wildman–Crippen MR) is 104 cm³/mol. The minimum Gasteiger partial charge on any atom is -0.394 e. The molecule has 3 aromatic heterocycles. The van der Waals surface area contributed by atoms with Crippen molar-refractivity contribution >= 4 is 0 Å². The average molecular weight is 432 g/mol. The number of aromatic nitrogens is 6. The fraction of sp³-hybridized carbons (Fsp3) is 0.421. The van der Waals surface area contributed by atoms with E-state index >= 15 is 0 Å². The van der Waals surface area contributed by atoms with Gasteiger partial charge in [0.2, 0.25) is 0 Å². The second kappa shape index (κ2) is 8.49. The van der Waals surface area contributed by atoms with Crippen LogP contribution < -0.4 is 11.2 Å². The van der Waals surface area contributed by atoms with Gasteiger partial charge in [0.25, 0.3) is 5.56 Å². The first-order valence-corrected chi connectivity index (χ1v) is 9.62. The van der Waals surface area contributed by atoms with Crippen LogP contribution in [0.4, 0.5) is 4.39 Å². The van der Waals surface area contributed by atoms with Crippen molar-refractivity contribution < 1.29 is 19.3 Å². The molecule has 12 heteroatoms. The molecule has 0 aliphatic carbocycles. The quantitative estimate of drug-likeness (QED) is 0.516. The molecular weight excluding hydrogens is 411 g/mol. The van der Waals surface area contributed by atoms with E-state index in [0.29, 0.717) is 17.0 Å². The lowest BCUT2D eigenvalue weighted by Crippen LogP contribution is -2.42. The molecule has 1 aliphatic rings. The predicted octanol–water partition coefficient (Wildman–Crippen LogP) is -0.819. The fourth-order valence-electron chi connectivity index (χ4n) is 3.51. The Kier molecular flexibility index (Phi) is 5.76. The van der Waals surface area contributed by atoms with E-state index in [1.54, 1.807) is 13.1 Å². The molecule has 0 spiro atoms. The molecule has 0 bridgehead atoms. The van der Waals surface area contributed by atoms with Gasteiger partial charge in [0.05, 0.1) is 37.7 Å². The summed E-state index contributed by atoms with van der Waals surface area (Å²) in [5.74, 6) is -0.417. The zero-order chi connectivity index (χ0) is 22.1. The molecule has 0 amide bonds. The summed E-state index contributed by atoms with van der Waals surface area (Å²) in [7, 11) is 0. The number of nitrogens with zero attached hydrogens (tertiary/aromatic N) is 6. The van der Waals surface area contributed by atoms with Crippen LogP contribution in [0.3, 0.4) is 0 Å². The highest BCUT2D eigenvalue weighted by molar-refractivity contribution is 5.08. The van der Waals surface area contributed by atoms with E-state index in [2.05, 4.69) is 15.3 Å². The van der Waals surface area contributed by atoms with Crippen molar-refractivity contribution in [3.8, 4) is 0 Å². The lowest BCUT2D eigenvalue weighted by molar-refractivity contribution is -0.0463.